The Balaban J connectivity index is 2.41. The molecule has 1 aliphatic heterocycles. The van der Waals surface area contributed by atoms with Gasteiger partial charge in [0.1, 0.15) is 0 Å². The number of halogens is 4. The quantitative estimate of drug-likeness (QED) is 0.744. The van der Waals surface area contributed by atoms with E-state index in [1.807, 2.05) is 0 Å². The van der Waals surface area contributed by atoms with Crippen LogP contribution in [0.2, 0.25) is 0 Å². The Kier molecular flexibility index (Phi) is 4.93. The largest absolute Gasteiger partial charge is 0.435 e. The molecule has 2 heterocycles. The summed E-state index contributed by atoms with van der Waals surface area (Å²) in [6.45, 7) is 3.21. The Morgan fingerprint density at radius 2 is 2.04 bits per heavy atom. The molecule has 0 aromatic carbocycles. The predicted molar refractivity (Wildman–Crippen MR) is 82.5 cm³/mol. The topological polar surface area (TPSA) is 73.6 Å². The molecule has 1 atom stereocenters. The highest BCUT2D eigenvalue weighted by Gasteiger charge is 2.43. The Labute approximate surface area is 142 Å². The number of hydrogen-bond acceptors (Lipinski definition) is 5. The van der Waals surface area contributed by atoms with Crippen molar-refractivity contribution in [1.82, 2.24) is 9.78 Å². The van der Waals surface area contributed by atoms with Gasteiger partial charge in [0.05, 0.1) is 11.6 Å². The molecule has 0 spiro atoms. The molecule has 24 heavy (non-hydrogen) atoms. The monoisotopic (exact) mass is 387 g/mol. The van der Waals surface area contributed by atoms with Gasteiger partial charge in [-0.25, -0.2) is 8.42 Å². The molecule has 0 aliphatic carbocycles. The van der Waals surface area contributed by atoms with Crippen molar-refractivity contribution < 1.29 is 26.4 Å². The zero-order valence-electron chi connectivity index (χ0n) is 13.3. The number of aromatic nitrogens is 2. The average Bonchev–Trinajstić information content (AvgIpc) is 3.00. The molecule has 11 heteroatoms. The molecule has 1 aliphatic rings. The van der Waals surface area contributed by atoms with E-state index in [1.165, 1.54) is 7.05 Å². The smallest absolute Gasteiger partial charge is 0.387 e. The standard InChI is InChI=1S/C13H17ClF3N3O3S/c1-4-9-8(11(13(15,16)17)18-20(9)3)6-24(21,22)10-5-12(2,7-14)23-19-10/h4-7H2,1-3H3. The summed E-state index contributed by atoms with van der Waals surface area (Å²) in [4.78, 5) is 5.02. The Bertz CT molecular complexity index is 773. The molecule has 1 aromatic heterocycles. The first-order chi connectivity index (χ1) is 10.9. The third-order valence-corrected chi connectivity index (χ3v) is 5.92. The van der Waals surface area contributed by atoms with Crippen molar-refractivity contribution in [2.24, 2.45) is 12.2 Å². The fourth-order valence-electron chi connectivity index (χ4n) is 2.48. The summed E-state index contributed by atoms with van der Waals surface area (Å²) in [7, 11) is -2.73. The van der Waals surface area contributed by atoms with Crippen LogP contribution in [0.1, 0.15) is 37.2 Å². The summed E-state index contributed by atoms with van der Waals surface area (Å²) in [5, 5.41) is 6.66. The summed E-state index contributed by atoms with van der Waals surface area (Å²) in [6, 6.07) is 0. The zero-order valence-corrected chi connectivity index (χ0v) is 14.9. The summed E-state index contributed by atoms with van der Waals surface area (Å²) >= 11 is 5.71. The minimum absolute atomic E-state index is 0.0103. The van der Waals surface area contributed by atoms with Gasteiger partial charge in [0.25, 0.3) is 0 Å². The molecule has 0 fully saturated rings. The molecular formula is C13H17ClF3N3O3S. The van der Waals surface area contributed by atoms with Gasteiger partial charge in [0.15, 0.2) is 26.2 Å². The molecule has 0 amide bonds. The normalized spacial score (nSPS) is 21.7. The third kappa shape index (κ3) is 3.53. The van der Waals surface area contributed by atoms with Gasteiger partial charge in [0.2, 0.25) is 0 Å². The van der Waals surface area contributed by atoms with E-state index < -0.39 is 33.1 Å². The molecule has 1 unspecified atom stereocenters. The van der Waals surface area contributed by atoms with E-state index in [4.69, 9.17) is 16.4 Å². The van der Waals surface area contributed by atoms with Gasteiger partial charge >= 0.3 is 6.18 Å². The number of aryl methyl sites for hydroxylation is 1. The number of nitrogens with zero attached hydrogens (tertiary/aromatic N) is 3. The summed E-state index contributed by atoms with van der Waals surface area (Å²) in [6.07, 6.45) is -4.61. The molecule has 0 saturated heterocycles. The van der Waals surface area contributed by atoms with Gasteiger partial charge in [-0.05, 0) is 13.3 Å². The van der Waals surface area contributed by atoms with Crippen LogP contribution < -0.4 is 0 Å². The van der Waals surface area contributed by atoms with Gasteiger partial charge in [-0.15, -0.1) is 11.6 Å². The van der Waals surface area contributed by atoms with Crippen LogP contribution in [0.4, 0.5) is 13.2 Å². The lowest BCUT2D eigenvalue weighted by atomic mass is 10.1. The van der Waals surface area contributed by atoms with Crippen LogP contribution in [0.15, 0.2) is 5.16 Å². The van der Waals surface area contributed by atoms with Crippen molar-refractivity contribution in [1.29, 1.82) is 0 Å². The minimum Gasteiger partial charge on any atom is -0.387 e. The van der Waals surface area contributed by atoms with Crippen LogP contribution in [-0.2, 0) is 40.1 Å². The second-order valence-corrected chi connectivity index (χ2v) is 8.10. The number of alkyl halides is 4. The maximum Gasteiger partial charge on any atom is 0.435 e. The second kappa shape index (κ2) is 6.21. The van der Waals surface area contributed by atoms with Gasteiger partial charge in [-0.3, -0.25) is 4.68 Å². The first-order valence-corrected chi connectivity index (χ1v) is 9.28. The highest BCUT2D eigenvalue weighted by atomic mass is 35.5. The maximum absolute atomic E-state index is 13.2. The Hall–Kier alpha value is -1.29. The van der Waals surface area contributed by atoms with Gasteiger partial charge in [0, 0.05) is 24.7 Å². The van der Waals surface area contributed by atoms with Crippen molar-refractivity contribution in [3.05, 3.63) is 17.0 Å². The molecule has 2 rings (SSSR count). The van der Waals surface area contributed by atoms with Crippen molar-refractivity contribution in [3.8, 4) is 0 Å². The Morgan fingerprint density at radius 1 is 1.42 bits per heavy atom. The van der Waals surface area contributed by atoms with E-state index in [0.29, 0.717) is 0 Å². The summed E-state index contributed by atoms with van der Waals surface area (Å²) in [5.41, 5.74) is -2.30. The molecule has 0 radical (unpaired) electrons. The number of oxime groups is 1. The first-order valence-electron chi connectivity index (χ1n) is 7.09. The van der Waals surface area contributed by atoms with Crippen molar-refractivity contribution >= 4 is 26.5 Å². The van der Waals surface area contributed by atoms with E-state index in [-0.39, 0.29) is 35.0 Å². The maximum atomic E-state index is 13.2. The average molecular weight is 388 g/mol. The first kappa shape index (κ1) is 19.0. The summed E-state index contributed by atoms with van der Waals surface area (Å²) in [5.74, 6) is -0.824. The lowest BCUT2D eigenvalue weighted by Crippen LogP contribution is -2.29. The van der Waals surface area contributed by atoms with Crippen LogP contribution in [-0.4, -0.2) is 34.7 Å². The number of sulfone groups is 1. The van der Waals surface area contributed by atoms with Crippen LogP contribution in [0.5, 0.6) is 0 Å². The number of hydrogen-bond donors (Lipinski definition) is 0. The molecule has 0 bridgehead atoms. The fraction of sp³-hybridized carbons (Fsp3) is 0.692. The van der Waals surface area contributed by atoms with Gasteiger partial charge < -0.3 is 4.84 Å². The molecular weight excluding hydrogens is 371 g/mol. The molecule has 6 nitrogen and oxygen atoms in total. The van der Waals surface area contributed by atoms with E-state index in [9.17, 15) is 21.6 Å². The molecule has 1 aromatic rings. The van der Waals surface area contributed by atoms with E-state index in [1.54, 1.807) is 13.8 Å². The van der Waals surface area contributed by atoms with Crippen LogP contribution in [0.25, 0.3) is 0 Å². The SMILES string of the molecule is CCc1c(CS(=O)(=O)C2=NOC(C)(CCl)C2)c(C(F)(F)F)nn1C. The lowest BCUT2D eigenvalue weighted by molar-refractivity contribution is -0.141. The lowest BCUT2D eigenvalue weighted by Gasteiger charge is -2.16. The number of rotatable bonds is 4. The van der Waals surface area contributed by atoms with Crippen LogP contribution in [0.3, 0.4) is 0 Å². The highest BCUT2D eigenvalue weighted by Crippen LogP contribution is 2.35. The van der Waals surface area contributed by atoms with Gasteiger partial charge in [-0.1, -0.05) is 12.1 Å². The highest BCUT2D eigenvalue weighted by molar-refractivity contribution is 8.05. The molecule has 136 valence electrons. The Morgan fingerprint density at radius 3 is 2.50 bits per heavy atom. The van der Waals surface area contributed by atoms with Crippen LogP contribution in [0, 0.1) is 0 Å². The zero-order chi connectivity index (χ0) is 18.3. The van der Waals surface area contributed by atoms with Crippen molar-refractivity contribution in [2.45, 2.75) is 44.2 Å². The van der Waals surface area contributed by atoms with E-state index in [2.05, 4.69) is 10.3 Å². The van der Waals surface area contributed by atoms with Crippen LogP contribution >= 0.6 is 11.6 Å². The fourth-order valence-corrected chi connectivity index (χ4v) is 4.15. The van der Waals surface area contributed by atoms with Gasteiger partial charge in [-0.2, -0.15) is 18.3 Å². The minimum atomic E-state index is -4.74. The predicted octanol–water partition coefficient (Wildman–Crippen LogP) is 2.65. The van der Waals surface area contributed by atoms with E-state index >= 15 is 0 Å². The molecule has 0 N–H and O–H groups in total. The third-order valence-electron chi connectivity index (χ3n) is 3.75. The van der Waals surface area contributed by atoms with Crippen molar-refractivity contribution in [2.75, 3.05) is 5.88 Å². The summed E-state index contributed by atoms with van der Waals surface area (Å²) < 4.78 is 65.6. The molecule has 0 saturated carbocycles. The second-order valence-electron chi connectivity index (χ2n) is 5.84. The van der Waals surface area contributed by atoms with Crippen molar-refractivity contribution in [3.63, 3.8) is 0 Å². The van der Waals surface area contributed by atoms with E-state index in [0.717, 1.165) is 4.68 Å².